The van der Waals surface area contributed by atoms with E-state index in [0.29, 0.717) is 12.0 Å². The lowest BCUT2D eigenvalue weighted by Gasteiger charge is -2.34. The van der Waals surface area contributed by atoms with E-state index in [1.54, 1.807) is 0 Å². The number of likely N-dealkylation sites (tertiary alicyclic amines) is 1. The highest BCUT2D eigenvalue weighted by Crippen LogP contribution is 2.20. The fraction of sp³-hybridized carbons (Fsp3) is 0.786. The Bertz CT molecular complexity index is 358. The minimum atomic E-state index is 0.315. The van der Waals surface area contributed by atoms with Crippen LogP contribution in [0.15, 0.2) is 12.4 Å². The van der Waals surface area contributed by atoms with Gasteiger partial charge in [-0.15, -0.1) is 0 Å². The summed E-state index contributed by atoms with van der Waals surface area (Å²) in [5.41, 5.74) is 7.35. The van der Waals surface area contributed by atoms with Gasteiger partial charge in [-0.05, 0) is 38.6 Å². The third-order valence-corrected chi connectivity index (χ3v) is 3.83. The van der Waals surface area contributed by atoms with Crippen LogP contribution in [0.3, 0.4) is 0 Å². The first kappa shape index (κ1) is 13.6. The van der Waals surface area contributed by atoms with Crippen molar-refractivity contribution in [3.63, 3.8) is 0 Å². The van der Waals surface area contributed by atoms with E-state index in [2.05, 4.69) is 30.0 Å². The molecule has 4 heteroatoms. The van der Waals surface area contributed by atoms with Gasteiger partial charge in [0, 0.05) is 37.4 Å². The molecule has 2 heterocycles. The molecule has 0 aromatic carbocycles. The number of hydrogen-bond acceptors (Lipinski definition) is 3. The van der Waals surface area contributed by atoms with Gasteiger partial charge in [-0.1, -0.05) is 6.92 Å². The molecule has 4 nitrogen and oxygen atoms in total. The SMILES string of the molecule is CCCn1cc(CN2CCCC(C(C)N)C2)cn1. The number of hydrogen-bond donors (Lipinski definition) is 1. The van der Waals surface area contributed by atoms with E-state index in [9.17, 15) is 0 Å². The van der Waals surface area contributed by atoms with Gasteiger partial charge in [0.15, 0.2) is 0 Å². The van der Waals surface area contributed by atoms with Crippen LogP contribution in [-0.4, -0.2) is 33.8 Å². The fourth-order valence-electron chi connectivity index (χ4n) is 2.76. The molecule has 2 unspecified atom stereocenters. The Hall–Kier alpha value is -0.870. The van der Waals surface area contributed by atoms with Gasteiger partial charge in [0.05, 0.1) is 6.20 Å². The summed E-state index contributed by atoms with van der Waals surface area (Å²) < 4.78 is 2.04. The molecule has 0 amide bonds. The van der Waals surface area contributed by atoms with Crippen molar-refractivity contribution in [1.29, 1.82) is 0 Å². The van der Waals surface area contributed by atoms with E-state index < -0.39 is 0 Å². The molecular formula is C14H26N4. The lowest BCUT2D eigenvalue weighted by atomic mass is 9.92. The number of nitrogens with two attached hydrogens (primary N) is 1. The predicted molar refractivity (Wildman–Crippen MR) is 74.2 cm³/mol. The van der Waals surface area contributed by atoms with Crippen molar-refractivity contribution in [2.24, 2.45) is 11.7 Å². The van der Waals surface area contributed by atoms with E-state index in [-0.39, 0.29) is 0 Å². The predicted octanol–water partition coefficient (Wildman–Crippen LogP) is 1.85. The van der Waals surface area contributed by atoms with Gasteiger partial charge in [-0.25, -0.2) is 0 Å². The Morgan fingerprint density at radius 3 is 3.11 bits per heavy atom. The van der Waals surface area contributed by atoms with Crippen molar-refractivity contribution in [1.82, 2.24) is 14.7 Å². The third kappa shape index (κ3) is 3.56. The Balaban J connectivity index is 1.87. The van der Waals surface area contributed by atoms with Crippen molar-refractivity contribution < 1.29 is 0 Å². The molecule has 1 saturated heterocycles. The Morgan fingerprint density at radius 1 is 1.56 bits per heavy atom. The molecule has 2 rings (SSSR count). The summed E-state index contributed by atoms with van der Waals surface area (Å²) in [5.74, 6) is 0.657. The first-order chi connectivity index (χ1) is 8.69. The topological polar surface area (TPSA) is 47.1 Å². The zero-order valence-electron chi connectivity index (χ0n) is 11.7. The number of rotatable bonds is 5. The van der Waals surface area contributed by atoms with Crippen LogP contribution >= 0.6 is 0 Å². The fourth-order valence-corrected chi connectivity index (χ4v) is 2.76. The first-order valence-corrected chi connectivity index (χ1v) is 7.18. The molecule has 1 aliphatic heterocycles. The molecule has 18 heavy (non-hydrogen) atoms. The van der Waals surface area contributed by atoms with Gasteiger partial charge in [0.25, 0.3) is 0 Å². The number of aromatic nitrogens is 2. The van der Waals surface area contributed by atoms with Crippen LogP contribution in [0.1, 0.15) is 38.7 Å². The highest BCUT2D eigenvalue weighted by Gasteiger charge is 2.22. The number of piperidine rings is 1. The standard InChI is InChI=1S/C14H26N4/c1-3-6-18-10-13(8-16-18)9-17-7-4-5-14(11-17)12(2)15/h8,10,12,14H,3-7,9,11,15H2,1-2H3. The van der Waals surface area contributed by atoms with Crippen molar-refractivity contribution in [3.8, 4) is 0 Å². The monoisotopic (exact) mass is 250 g/mol. The average molecular weight is 250 g/mol. The Labute approximate surface area is 110 Å². The lowest BCUT2D eigenvalue weighted by Crippen LogP contribution is -2.41. The largest absolute Gasteiger partial charge is 0.328 e. The van der Waals surface area contributed by atoms with Gasteiger partial charge < -0.3 is 5.73 Å². The van der Waals surface area contributed by atoms with Crippen LogP contribution in [-0.2, 0) is 13.1 Å². The van der Waals surface area contributed by atoms with Crippen LogP contribution < -0.4 is 5.73 Å². The molecule has 1 aromatic heterocycles. The molecule has 102 valence electrons. The summed E-state index contributed by atoms with van der Waals surface area (Å²) >= 11 is 0. The van der Waals surface area contributed by atoms with Crippen molar-refractivity contribution in [2.45, 2.75) is 52.2 Å². The van der Waals surface area contributed by atoms with Crippen LogP contribution in [0.4, 0.5) is 0 Å². The second-order valence-electron chi connectivity index (χ2n) is 5.61. The van der Waals surface area contributed by atoms with Gasteiger partial charge in [0.1, 0.15) is 0 Å². The van der Waals surface area contributed by atoms with Gasteiger partial charge in [-0.2, -0.15) is 5.10 Å². The maximum Gasteiger partial charge on any atom is 0.0534 e. The van der Waals surface area contributed by atoms with Crippen molar-refractivity contribution >= 4 is 0 Å². The smallest absolute Gasteiger partial charge is 0.0534 e. The first-order valence-electron chi connectivity index (χ1n) is 7.18. The molecule has 0 radical (unpaired) electrons. The van der Waals surface area contributed by atoms with Crippen molar-refractivity contribution in [3.05, 3.63) is 18.0 Å². The normalized spacial score (nSPS) is 23.2. The molecule has 1 fully saturated rings. The third-order valence-electron chi connectivity index (χ3n) is 3.83. The zero-order valence-corrected chi connectivity index (χ0v) is 11.7. The Morgan fingerprint density at radius 2 is 2.39 bits per heavy atom. The number of nitrogens with zero attached hydrogens (tertiary/aromatic N) is 3. The molecule has 1 aliphatic rings. The summed E-state index contributed by atoms with van der Waals surface area (Å²) in [6.45, 7) is 8.68. The quantitative estimate of drug-likeness (QED) is 0.867. The Kier molecular flexibility index (Phi) is 4.78. The van der Waals surface area contributed by atoms with Crippen LogP contribution in [0.5, 0.6) is 0 Å². The van der Waals surface area contributed by atoms with E-state index in [4.69, 9.17) is 5.73 Å². The van der Waals surface area contributed by atoms with Gasteiger partial charge in [-0.3, -0.25) is 9.58 Å². The van der Waals surface area contributed by atoms with Crippen LogP contribution in [0, 0.1) is 5.92 Å². The van der Waals surface area contributed by atoms with Crippen LogP contribution in [0.2, 0.25) is 0 Å². The summed E-state index contributed by atoms with van der Waals surface area (Å²) in [4.78, 5) is 2.52. The molecular weight excluding hydrogens is 224 g/mol. The van der Waals surface area contributed by atoms with Gasteiger partial charge in [0.2, 0.25) is 0 Å². The summed E-state index contributed by atoms with van der Waals surface area (Å²) in [6, 6.07) is 0.315. The molecule has 0 aliphatic carbocycles. The average Bonchev–Trinajstić information content (AvgIpc) is 2.77. The molecule has 1 aromatic rings. The summed E-state index contributed by atoms with van der Waals surface area (Å²) in [6.07, 6.45) is 7.88. The van der Waals surface area contributed by atoms with Crippen molar-refractivity contribution in [2.75, 3.05) is 13.1 Å². The second-order valence-corrected chi connectivity index (χ2v) is 5.61. The van der Waals surface area contributed by atoms with Gasteiger partial charge >= 0.3 is 0 Å². The molecule has 2 atom stereocenters. The van der Waals surface area contributed by atoms with E-state index in [1.165, 1.54) is 24.9 Å². The minimum absolute atomic E-state index is 0.315. The molecule has 0 saturated carbocycles. The minimum Gasteiger partial charge on any atom is -0.328 e. The highest BCUT2D eigenvalue weighted by atomic mass is 15.3. The maximum atomic E-state index is 6.02. The lowest BCUT2D eigenvalue weighted by molar-refractivity contribution is 0.154. The van der Waals surface area contributed by atoms with E-state index in [0.717, 1.165) is 26.1 Å². The zero-order chi connectivity index (χ0) is 13.0. The summed E-state index contributed by atoms with van der Waals surface area (Å²) in [5, 5.41) is 4.39. The molecule has 2 N–H and O–H groups in total. The second kappa shape index (κ2) is 6.34. The number of aryl methyl sites for hydroxylation is 1. The molecule has 0 bridgehead atoms. The summed E-state index contributed by atoms with van der Waals surface area (Å²) in [7, 11) is 0. The van der Waals surface area contributed by atoms with E-state index >= 15 is 0 Å². The van der Waals surface area contributed by atoms with E-state index in [1.807, 2.05) is 10.9 Å². The van der Waals surface area contributed by atoms with Crippen LogP contribution in [0.25, 0.3) is 0 Å². The molecule has 0 spiro atoms. The highest BCUT2D eigenvalue weighted by molar-refractivity contribution is 5.04. The maximum absolute atomic E-state index is 6.02.